The van der Waals surface area contributed by atoms with Crippen molar-refractivity contribution in [1.29, 1.82) is 0 Å². The third kappa shape index (κ3) is 6.63. The molecule has 0 saturated carbocycles. The van der Waals surface area contributed by atoms with Crippen LogP contribution in [0.3, 0.4) is 0 Å². The molecule has 3 aromatic rings. The molecule has 0 aliphatic heterocycles. The summed E-state index contributed by atoms with van der Waals surface area (Å²) in [7, 11) is 0. The first-order chi connectivity index (χ1) is 10.9. The van der Waals surface area contributed by atoms with E-state index in [0.717, 1.165) is 0 Å². The maximum atomic E-state index is 3.15. The van der Waals surface area contributed by atoms with Gasteiger partial charge in [0.05, 0.1) is 0 Å². The summed E-state index contributed by atoms with van der Waals surface area (Å²) < 4.78 is 0. The minimum Gasteiger partial charge on any atom is -0.0999 e. The van der Waals surface area contributed by atoms with Gasteiger partial charge in [-0.2, -0.15) is 0 Å². The second-order valence-corrected chi connectivity index (χ2v) is 12.5. The van der Waals surface area contributed by atoms with Crippen LogP contribution in [0.15, 0.2) is 91.0 Å². The zero-order valence-corrected chi connectivity index (χ0v) is 18.8. The summed E-state index contributed by atoms with van der Waals surface area (Å²) >= 11 is 6.64. The van der Waals surface area contributed by atoms with Gasteiger partial charge >= 0.3 is 40.5 Å². The van der Waals surface area contributed by atoms with Crippen LogP contribution in [0, 0.1) is 5.92 Å². The monoisotopic (exact) mass is 605 g/mol. The first-order valence-electron chi connectivity index (χ1n) is 6.75. The first kappa shape index (κ1) is 20.8. The zero-order valence-electron chi connectivity index (χ0n) is 12.1. The fourth-order valence-corrected chi connectivity index (χ4v) is 2.31. The Morgan fingerprint density at radius 3 is 0.957 bits per heavy atom. The summed E-state index contributed by atoms with van der Waals surface area (Å²) in [5, 5.41) is 0. The second kappa shape index (κ2) is 12.1. The van der Waals surface area contributed by atoms with E-state index in [9.17, 15) is 0 Å². The molecule has 0 fully saturated rings. The van der Waals surface area contributed by atoms with Crippen molar-refractivity contribution in [1.82, 2.24) is 0 Å². The molecule has 3 rings (SSSR count). The number of hydrogen-bond acceptors (Lipinski definition) is 0. The minimum absolute atomic E-state index is 0. The summed E-state index contributed by atoms with van der Waals surface area (Å²) in [5.74, 6) is 1.28. The van der Waals surface area contributed by atoms with Gasteiger partial charge in [-0.1, -0.05) is 114 Å². The molecule has 122 valence electrons. The Balaban J connectivity index is 0.000000615. The summed E-state index contributed by atoms with van der Waals surface area (Å²) in [6.45, 7) is 0. The van der Waals surface area contributed by atoms with Crippen LogP contribution in [0.5, 0.6) is 0 Å². The van der Waals surface area contributed by atoms with Crippen LogP contribution in [-0.2, 0) is 32.7 Å². The number of halogens is 2. The van der Waals surface area contributed by atoms with Crippen molar-refractivity contribution in [2.75, 3.05) is 0 Å². The van der Waals surface area contributed by atoms with Crippen molar-refractivity contribution in [3.05, 3.63) is 114 Å². The summed E-state index contributed by atoms with van der Waals surface area (Å²) in [4.78, 5) is 0. The number of rotatable bonds is 3. The third-order valence-electron chi connectivity index (χ3n) is 3.19. The molecule has 0 spiro atoms. The van der Waals surface area contributed by atoms with Gasteiger partial charge in [0.15, 0.2) is 0 Å². The van der Waals surface area contributed by atoms with Gasteiger partial charge in [-0.3, -0.25) is 0 Å². The number of hydrogen-bond donors (Lipinski definition) is 0. The molecule has 0 nitrogen and oxygen atoms in total. The van der Waals surface area contributed by atoms with Crippen LogP contribution in [-0.4, -0.2) is 0 Å². The molecule has 4 heteroatoms. The van der Waals surface area contributed by atoms with Gasteiger partial charge in [-0.15, -0.1) is 0 Å². The molecular formula is C19H15Br2Ru2-. The fraction of sp³-hybridized carbons (Fsp3) is 0. The van der Waals surface area contributed by atoms with Gasteiger partial charge in [0.25, 0.3) is 0 Å². The van der Waals surface area contributed by atoms with Gasteiger partial charge in [-0.05, 0) is 0 Å². The van der Waals surface area contributed by atoms with Crippen LogP contribution in [0.2, 0.25) is 0 Å². The van der Waals surface area contributed by atoms with Gasteiger partial charge in [0, 0.05) is 19.5 Å². The van der Waals surface area contributed by atoms with Crippen molar-refractivity contribution < 1.29 is 32.7 Å². The molecule has 23 heavy (non-hydrogen) atoms. The van der Waals surface area contributed by atoms with E-state index in [0.29, 0.717) is 13.2 Å². The Morgan fingerprint density at radius 1 is 0.522 bits per heavy atom. The summed E-state index contributed by atoms with van der Waals surface area (Å²) in [6, 6.07) is 31.6. The molecule has 0 N–H and O–H groups in total. The topological polar surface area (TPSA) is 0 Å². The molecule has 0 saturated heterocycles. The van der Waals surface area contributed by atoms with Crippen LogP contribution >= 0.6 is 27.2 Å². The van der Waals surface area contributed by atoms with E-state index in [4.69, 9.17) is 0 Å². The van der Waals surface area contributed by atoms with Crippen LogP contribution < -0.4 is 0 Å². The second-order valence-electron chi connectivity index (χ2n) is 4.52. The SMILES string of the molecule is [Br][Ru][Br].[Ru].c1ccc([C-](c2ccccc2)c2ccccc2)cc1. The normalized spacial score (nSPS) is 9.30. The Kier molecular flexibility index (Phi) is 11.0. The standard InChI is InChI=1S/C19H15.2BrH.2Ru/c1-4-10-16(11-5-1)19(17-12-6-2-7-13-17)18-14-8-3-9-15-18;;;;/h1-15H;2*1H;;/q-1;;;;+2/p-2. The van der Waals surface area contributed by atoms with Gasteiger partial charge in [-0.25, -0.2) is 0 Å². The van der Waals surface area contributed by atoms with E-state index in [1.54, 1.807) is 0 Å². The quantitative estimate of drug-likeness (QED) is 0.185. The van der Waals surface area contributed by atoms with Crippen molar-refractivity contribution in [3.63, 3.8) is 0 Å². The number of benzene rings is 3. The van der Waals surface area contributed by atoms with Crippen LogP contribution in [0.1, 0.15) is 16.7 Å². The molecule has 0 aliphatic carbocycles. The Bertz CT molecular complexity index is 552. The fourth-order valence-electron chi connectivity index (χ4n) is 2.31. The first-order valence-corrected chi connectivity index (χ1v) is 14.7. The maximum Gasteiger partial charge on any atom is 0 e. The molecular weight excluding hydrogens is 590 g/mol. The van der Waals surface area contributed by atoms with Crippen LogP contribution in [0.4, 0.5) is 0 Å². The molecule has 0 atom stereocenters. The van der Waals surface area contributed by atoms with E-state index in [1.165, 1.54) is 22.6 Å². The van der Waals surface area contributed by atoms with E-state index in [2.05, 4.69) is 118 Å². The van der Waals surface area contributed by atoms with Gasteiger partial charge in [0.1, 0.15) is 0 Å². The molecule has 0 unspecified atom stereocenters. The molecule has 0 radical (unpaired) electrons. The predicted molar refractivity (Wildman–Crippen MR) is 97.7 cm³/mol. The zero-order chi connectivity index (χ0) is 15.6. The van der Waals surface area contributed by atoms with Crippen molar-refractivity contribution in [2.24, 2.45) is 0 Å². The van der Waals surface area contributed by atoms with E-state index >= 15 is 0 Å². The van der Waals surface area contributed by atoms with E-state index in [-0.39, 0.29) is 19.5 Å². The molecule has 0 bridgehead atoms. The molecule has 0 amide bonds. The average Bonchev–Trinajstić information content (AvgIpc) is 2.59. The molecule has 0 aromatic heterocycles. The Labute approximate surface area is 172 Å². The van der Waals surface area contributed by atoms with Crippen LogP contribution in [0.25, 0.3) is 0 Å². The van der Waals surface area contributed by atoms with E-state index in [1.807, 2.05) is 0 Å². The molecule has 3 aromatic carbocycles. The molecule has 0 heterocycles. The minimum atomic E-state index is 0. The van der Waals surface area contributed by atoms with Crippen molar-refractivity contribution in [3.8, 4) is 0 Å². The van der Waals surface area contributed by atoms with Crippen molar-refractivity contribution in [2.45, 2.75) is 0 Å². The average molecular weight is 605 g/mol. The summed E-state index contributed by atoms with van der Waals surface area (Å²) in [6.07, 6.45) is 0. The van der Waals surface area contributed by atoms with E-state index < -0.39 is 0 Å². The maximum absolute atomic E-state index is 3.15. The largest absolute Gasteiger partial charge is 0.0999 e. The Morgan fingerprint density at radius 2 is 0.739 bits per heavy atom. The Hall–Kier alpha value is -0.263. The van der Waals surface area contributed by atoms with Gasteiger partial charge < -0.3 is 0 Å². The third-order valence-corrected chi connectivity index (χ3v) is 3.19. The smallest absolute Gasteiger partial charge is 0 e. The van der Waals surface area contributed by atoms with Crippen molar-refractivity contribution >= 4 is 27.2 Å². The van der Waals surface area contributed by atoms with Gasteiger partial charge in [0.2, 0.25) is 0 Å². The summed E-state index contributed by atoms with van der Waals surface area (Å²) in [5.41, 5.74) is 3.75. The molecule has 0 aliphatic rings. The predicted octanol–water partition coefficient (Wildman–Crippen LogP) is 6.39.